The molecule has 2 fully saturated rings. The summed E-state index contributed by atoms with van der Waals surface area (Å²) in [6, 6.07) is 8.18. The number of thiazole rings is 1. The van der Waals surface area contributed by atoms with Crippen molar-refractivity contribution in [2.24, 2.45) is 0 Å². The summed E-state index contributed by atoms with van der Waals surface area (Å²) in [5.41, 5.74) is 2.19. The predicted octanol–water partition coefficient (Wildman–Crippen LogP) is 4.23. The molecule has 4 rings (SSSR count). The first kappa shape index (κ1) is 16.3. The van der Waals surface area contributed by atoms with Gasteiger partial charge in [-0.1, -0.05) is 12.1 Å². The molecular weight excluding hydrogens is 358 g/mol. The van der Waals surface area contributed by atoms with Crippen LogP contribution in [-0.2, 0) is 4.79 Å². The van der Waals surface area contributed by atoms with Crippen molar-refractivity contribution in [3.05, 3.63) is 41.4 Å². The van der Waals surface area contributed by atoms with E-state index < -0.39 is 0 Å². The van der Waals surface area contributed by atoms with Gasteiger partial charge in [-0.2, -0.15) is 0 Å². The summed E-state index contributed by atoms with van der Waals surface area (Å²) in [7, 11) is 0. The monoisotopic (exact) mass is 377 g/mol. The zero-order chi connectivity index (χ0) is 16.4. The highest BCUT2D eigenvalue weighted by Gasteiger charge is 2.32. The number of nitrogens with zero attached hydrogens (tertiary/aromatic N) is 2. The summed E-state index contributed by atoms with van der Waals surface area (Å²) in [5, 5.41) is 6.02. The van der Waals surface area contributed by atoms with Gasteiger partial charge in [-0.3, -0.25) is 4.79 Å². The molecule has 126 valence electrons. The number of thioether (sulfide) groups is 2. The first-order valence-electron chi connectivity index (χ1n) is 8.11. The molecule has 1 N–H and O–H groups in total. The summed E-state index contributed by atoms with van der Waals surface area (Å²) in [5.74, 6) is 2.49. The molecular formula is C17H19N3OS3. The minimum Gasteiger partial charge on any atom is -0.336 e. The maximum absolute atomic E-state index is 12.8. The lowest BCUT2D eigenvalue weighted by molar-refractivity contribution is -0.117. The fraction of sp³-hybridized carbons (Fsp3) is 0.412. The lowest BCUT2D eigenvalue weighted by Crippen LogP contribution is -2.39. The van der Waals surface area contributed by atoms with E-state index in [4.69, 9.17) is 0 Å². The largest absolute Gasteiger partial charge is 0.336 e. The Morgan fingerprint density at radius 2 is 2.17 bits per heavy atom. The number of anilines is 2. The molecule has 0 spiro atoms. The number of carbonyl (C=O) groups is 1. The van der Waals surface area contributed by atoms with E-state index in [1.165, 1.54) is 17.1 Å². The van der Waals surface area contributed by atoms with E-state index in [0.29, 0.717) is 4.58 Å². The topological polar surface area (TPSA) is 45.2 Å². The summed E-state index contributed by atoms with van der Waals surface area (Å²) in [4.78, 5) is 19.3. The number of carbonyl (C=O) groups excluding carboxylic acids is 1. The van der Waals surface area contributed by atoms with E-state index >= 15 is 0 Å². The van der Waals surface area contributed by atoms with Gasteiger partial charge in [-0.25, -0.2) is 4.98 Å². The molecule has 2 aliphatic heterocycles. The molecule has 2 aromatic rings. The fourth-order valence-corrected chi connectivity index (χ4v) is 6.72. The Bertz CT molecular complexity index is 701. The van der Waals surface area contributed by atoms with Crippen LogP contribution >= 0.6 is 34.9 Å². The molecule has 24 heavy (non-hydrogen) atoms. The van der Waals surface area contributed by atoms with Crippen LogP contribution in [0.2, 0.25) is 0 Å². The second-order valence-electron chi connectivity index (χ2n) is 5.85. The molecule has 0 saturated carbocycles. The number of rotatable bonds is 4. The summed E-state index contributed by atoms with van der Waals surface area (Å²) in [6.07, 6.45) is 3.72. The fourth-order valence-electron chi connectivity index (χ4n) is 3.17. The minimum absolute atomic E-state index is 0.0755. The van der Waals surface area contributed by atoms with Gasteiger partial charge in [-0.05, 0) is 30.5 Å². The molecule has 0 aliphatic carbocycles. The van der Waals surface area contributed by atoms with Gasteiger partial charge in [0.25, 0.3) is 0 Å². The number of hydrogen-bond donors (Lipinski definition) is 1. The van der Waals surface area contributed by atoms with Gasteiger partial charge < -0.3 is 10.2 Å². The third-order valence-corrected chi connectivity index (χ3v) is 8.18. The molecule has 2 saturated heterocycles. The highest BCUT2D eigenvalue weighted by Crippen LogP contribution is 2.45. The summed E-state index contributed by atoms with van der Waals surface area (Å²) >= 11 is 5.56. The molecule has 1 aromatic carbocycles. The molecule has 1 aromatic heterocycles. The van der Waals surface area contributed by atoms with Crippen LogP contribution in [0.15, 0.2) is 35.8 Å². The number of benzene rings is 1. The Morgan fingerprint density at radius 1 is 1.29 bits per heavy atom. The quantitative estimate of drug-likeness (QED) is 0.864. The number of amides is 1. The van der Waals surface area contributed by atoms with E-state index in [0.717, 1.165) is 30.2 Å². The van der Waals surface area contributed by atoms with E-state index in [1.807, 2.05) is 41.0 Å². The van der Waals surface area contributed by atoms with E-state index in [9.17, 15) is 4.79 Å². The SMILES string of the molecule is O=C(Nc1cccc(C2SCCS2)c1)[C@H]1CCCN1c1nccs1. The Labute approximate surface area is 154 Å². The van der Waals surface area contributed by atoms with Crippen LogP contribution in [0, 0.1) is 0 Å². The van der Waals surface area contributed by atoms with Gasteiger partial charge in [0.15, 0.2) is 5.13 Å². The second-order valence-corrected chi connectivity index (χ2v) is 9.45. The van der Waals surface area contributed by atoms with Crippen molar-refractivity contribution in [1.82, 2.24) is 4.98 Å². The Hall–Kier alpha value is -1.18. The van der Waals surface area contributed by atoms with Gasteiger partial charge in [0.1, 0.15) is 6.04 Å². The Morgan fingerprint density at radius 3 is 2.96 bits per heavy atom. The van der Waals surface area contributed by atoms with Crippen LogP contribution in [0.3, 0.4) is 0 Å². The van der Waals surface area contributed by atoms with E-state index in [2.05, 4.69) is 27.3 Å². The van der Waals surface area contributed by atoms with E-state index in [1.54, 1.807) is 17.5 Å². The number of aromatic nitrogens is 1. The molecule has 2 aliphatic rings. The van der Waals surface area contributed by atoms with Gasteiger partial charge in [0.05, 0.1) is 4.58 Å². The van der Waals surface area contributed by atoms with Crippen LogP contribution in [-0.4, -0.2) is 35.0 Å². The Kier molecular flexibility index (Phi) is 5.01. The normalized spacial score (nSPS) is 21.3. The molecule has 4 nitrogen and oxygen atoms in total. The number of nitrogens with one attached hydrogen (secondary N) is 1. The zero-order valence-corrected chi connectivity index (χ0v) is 15.6. The average molecular weight is 378 g/mol. The standard InChI is InChI=1S/C17H19N3OS3/c21-15(14-5-2-7-20(14)17-18-6-8-24-17)19-13-4-1-3-12(11-13)16-22-9-10-23-16/h1,3-4,6,8,11,14,16H,2,5,7,9-10H2,(H,19,21)/t14-/m1/s1. The smallest absolute Gasteiger partial charge is 0.247 e. The molecule has 0 radical (unpaired) electrons. The third-order valence-electron chi connectivity index (χ3n) is 4.27. The van der Waals surface area contributed by atoms with Crippen molar-refractivity contribution >= 4 is 51.6 Å². The maximum atomic E-state index is 12.8. The van der Waals surface area contributed by atoms with Crippen molar-refractivity contribution in [2.45, 2.75) is 23.5 Å². The molecule has 7 heteroatoms. The van der Waals surface area contributed by atoms with E-state index in [-0.39, 0.29) is 11.9 Å². The van der Waals surface area contributed by atoms with Crippen molar-refractivity contribution in [3.63, 3.8) is 0 Å². The van der Waals surface area contributed by atoms with Crippen LogP contribution in [0.25, 0.3) is 0 Å². The van der Waals surface area contributed by atoms with Crippen molar-refractivity contribution < 1.29 is 4.79 Å². The molecule has 1 amide bonds. The minimum atomic E-state index is -0.116. The lowest BCUT2D eigenvalue weighted by Gasteiger charge is -2.23. The van der Waals surface area contributed by atoms with Crippen LogP contribution in [0.4, 0.5) is 10.8 Å². The van der Waals surface area contributed by atoms with Gasteiger partial charge in [0.2, 0.25) is 5.91 Å². The van der Waals surface area contributed by atoms with Crippen LogP contribution < -0.4 is 10.2 Å². The molecule has 0 bridgehead atoms. The average Bonchev–Trinajstić information content (AvgIpc) is 3.35. The third kappa shape index (κ3) is 3.43. The van der Waals surface area contributed by atoms with Gasteiger partial charge in [-0.15, -0.1) is 34.9 Å². The predicted molar refractivity (Wildman–Crippen MR) is 105 cm³/mol. The molecule has 3 heterocycles. The maximum Gasteiger partial charge on any atom is 0.247 e. The first-order chi connectivity index (χ1) is 11.8. The Balaban J connectivity index is 1.46. The zero-order valence-electron chi connectivity index (χ0n) is 13.2. The van der Waals surface area contributed by atoms with Crippen LogP contribution in [0.5, 0.6) is 0 Å². The highest BCUT2D eigenvalue weighted by molar-refractivity contribution is 8.19. The number of hydrogen-bond acceptors (Lipinski definition) is 6. The van der Waals surface area contributed by atoms with Gasteiger partial charge in [0, 0.05) is 35.3 Å². The summed E-state index contributed by atoms with van der Waals surface area (Å²) < 4.78 is 0.500. The highest BCUT2D eigenvalue weighted by atomic mass is 32.2. The van der Waals surface area contributed by atoms with Gasteiger partial charge >= 0.3 is 0 Å². The molecule has 1 atom stereocenters. The summed E-state index contributed by atoms with van der Waals surface area (Å²) in [6.45, 7) is 0.904. The first-order valence-corrected chi connectivity index (χ1v) is 11.1. The van der Waals surface area contributed by atoms with Crippen molar-refractivity contribution in [1.29, 1.82) is 0 Å². The van der Waals surface area contributed by atoms with Crippen LogP contribution in [0.1, 0.15) is 23.0 Å². The lowest BCUT2D eigenvalue weighted by atomic mass is 10.2. The van der Waals surface area contributed by atoms with Crippen molar-refractivity contribution in [2.75, 3.05) is 28.3 Å². The van der Waals surface area contributed by atoms with Crippen molar-refractivity contribution in [3.8, 4) is 0 Å². The second kappa shape index (κ2) is 7.37. The molecule has 0 unspecified atom stereocenters.